The van der Waals surface area contributed by atoms with Crippen molar-refractivity contribution in [2.24, 2.45) is 5.92 Å². The van der Waals surface area contributed by atoms with Crippen LogP contribution < -0.4 is 0 Å². The van der Waals surface area contributed by atoms with Gasteiger partial charge in [0.05, 0.1) is 6.54 Å². The van der Waals surface area contributed by atoms with Crippen LogP contribution in [-0.4, -0.2) is 41.9 Å². The van der Waals surface area contributed by atoms with Crippen LogP contribution in [0.4, 0.5) is 0 Å². The Kier molecular flexibility index (Phi) is 5.37. The van der Waals surface area contributed by atoms with Crippen molar-refractivity contribution < 1.29 is 4.79 Å². The third-order valence-electron chi connectivity index (χ3n) is 5.81. The molecule has 23 heavy (non-hydrogen) atoms. The van der Waals surface area contributed by atoms with Crippen LogP contribution in [0.3, 0.4) is 0 Å². The molecule has 0 aromatic heterocycles. The Morgan fingerprint density at radius 1 is 1.13 bits per heavy atom. The third kappa shape index (κ3) is 3.95. The maximum absolute atomic E-state index is 12.7. The molecule has 2 fully saturated rings. The molecule has 0 N–H and O–H groups in total. The van der Waals surface area contributed by atoms with E-state index in [0.29, 0.717) is 24.5 Å². The van der Waals surface area contributed by atoms with Gasteiger partial charge in [-0.1, -0.05) is 37.3 Å². The number of likely N-dealkylation sites (N-methyl/N-ethyl adjacent to an activating group) is 1. The van der Waals surface area contributed by atoms with Crippen LogP contribution in [0.5, 0.6) is 0 Å². The van der Waals surface area contributed by atoms with E-state index in [-0.39, 0.29) is 0 Å². The Hall–Kier alpha value is -1.35. The first-order valence-electron chi connectivity index (χ1n) is 9.20. The van der Waals surface area contributed by atoms with E-state index in [2.05, 4.69) is 42.2 Å². The van der Waals surface area contributed by atoms with Crippen LogP contribution in [0.1, 0.15) is 57.1 Å². The topological polar surface area (TPSA) is 23.6 Å². The summed E-state index contributed by atoms with van der Waals surface area (Å²) in [4.78, 5) is 17.1. The molecule has 1 unspecified atom stereocenters. The molecule has 1 atom stereocenters. The van der Waals surface area contributed by atoms with Gasteiger partial charge in [-0.05, 0) is 56.6 Å². The third-order valence-corrected chi connectivity index (χ3v) is 5.81. The van der Waals surface area contributed by atoms with Gasteiger partial charge in [0.15, 0.2) is 0 Å². The number of likely N-dealkylation sites (tertiary alicyclic amines) is 1. The van der Waals surface area contributed by atoms with Gasteiger partial charge in [-0.25, -0.2) is 0 Å². The smallest absolute Gasteiger partial charge is 0.236 e. The predicted octanol–water partition coefficient (Wildman–Crippen LogP) is 3.86. The maximum Gasteiger partial charge on any atom is 0.236 e. The summed E-state index contributed by atoms with van der Waals surface area (Å²) in [6.07, 6.45) is 7.23. The van der Waals surface area contributed by atoms with Crippen molar-refractivity contribution in [1.82, 2.24) is 9.80 Å². The average molecular weight is 314 g/mol. The number of benzene rings is 1. The quantitative estimate of drug-likeness (QED) is 0.842. The number of carbonyl (C=O) groups excluding carboxylic acids is 1. The Bertz CT molecular complexity index is 508. The van der Waals surface area contributed by atoms with Gasteiger partial charge in [0.1, 0.15) is 0 Å². The zero-order valence-corrected chi connectivity index (χ0v) is 14.6. The fraction of sp³-hybridized carbons (Fsp3) is 0.650. The van der Waals surface area contributed by atoms with E-state index in [1.165, 1.54) is 44.1 Å². The maximum atomic E-state index is 12.7. The minimum atomic E-state index is 0.299. The lowest BCUT2D eigenvalue weighted by Crippen LogP contribution is -2.44. The number of hydrogen-bond donors (Lipinski definition) is 0. The fourth-order valence-electron chi connectivity index (χ4n) is 4.19. The standard InChI is InChI=1S/C20H30N2O/c1-16-10-12-18(13-11-16)21(2)20(23)15-22-14-6-9-19(22)17-7-4-3-5-8-17/h3-5,7-8,16,18-19H,6,9-15H2,1-2H3. The molecule has 3 rings (SSSR count). The van der Waals surface area contributed by atoms with Crippen molar-refractivity contribution in [1.29, 1.82) is 0 Å². The van der Waals surface area contributed by atoms with Gasteiger partial charge < -0.3 is 4.90 Å². The average Bonchev–Trinajstić information content (AvgIpc) is 3.04. The number of nitrogens with zero attached hydrogens (tertiary/aromatic N) is 2. The van der Waals surface area contributed by atoms with Crippen LogP contribution in [0.2, 0.25) is 0 Å². The molecule has 2 aliphatic rings. The van der Waals surface area contributed by atoms with Crippen molar-refractivity contribution in [2.75, 3.05) is 20.1 Å². The second-order valence-corrected chi connectivity index (χ2v) is 7.46. The van der Waals surface area contributed by atoms with Crippen LogP contribution in [-0.2, 0) is 4.79 Å². The summed E-state index contributed by atoms with van der Waals surface area (Å²) in [5, 5.41) is 0. The van der Waals surface area contributed by atoms with Crippen molar-refractivity contribution in [3.05, 3.63) is 35.9 Å². The molecule has 1 aliphatic heterocycles. The normalized spacial score (nSPS) is 28.7. The highest BCUT2D eigenvalue weighted by molar-refractivity contribution is 5.78. The summed E-state index contributed by atoms with van der Waals surface area (Å²) in [6, 6.07) is 11.5. The Morgan fingerprint density at radius 3 is 2.52 bits per heavy atom. The van der Waals surface area contributed by atoms with Crippen molar-refractivity contribution in [2.45, 2.75) is 57.5 Å². The summed E-state index contributed by atoms with van der Waals surface area (Å²) in [6.45, 7) is 3.94. The lowest BCUT2D eigenvalue weighted by molar-refractivity contribution is -0.134. The first kappa shape index (κ1) is 16.5. The van der Waals surface area contributed by atoms with Gasteiger partial charge in [0.2, 0.25) is 5.91 Å². The van der Waals surface area contributed by atoms with Crippen molar-refractivity contribution >= 4 is 5.91 Å². The Morgan fingerprint density at radius 2 is 1.83 bits per heavy atom. The van der Waals surface area contributed by atoms with Crippen molar-refractivity contribution in [3.63, 3.8) is 0 Å². The molecule has 1 aromatic rings. The van der Waals surface area contributed by atoms with Gasteiger partial charge in [0.25, 0.3) is 0 Å². The number of rotatable bonds is 4. The van der Waals surface area contributed by atoms with E-state index < -0.39 is 0 Å². The Labute approximate surface area is 140 Å². The van der Waals surface area contributed by atoms with Gasteiger partial charge >= 0.3 is 0 Å². The van der Waals surface area contributed by atoms with Crippen LogP contribution in [0, 0.1) is 5.92 Å². The summed E-state index contributed by atoms with van der Waals surface area (Å²) < 4.78 is 0. The number of amides is 1. The second-order valence-electron chi connectivity index (χ2n) is 7.46. The van der Waals surface area contributed by atoms with Gasteiger partial charge in [0, 0.05) is 19.1 Å². The molecule has 0 bridgehead atoms. The van der Waals surface area contributed by atoms with E-state index in [4.69, 9.17) is 0 Å². The minimum absolute atomic E-state index is 0.299. The van der Waals surface area contributed by atoms with Gasteiger partial charge in [-0.3, -0.25) is 9.69 Å². The lowest BCUT2D eigenvalue weighted by Gasteiger charge is -2.35. The fourth-order valence-corrected chi connectivity index (χ4v) is 4.19. The van der Waals surface area contributed by atoms with Crippen LogP contribution >= 0.6 is 0 Å². The summed E-state index contributed by atoms with van der Waals surface area (Å²) in [7, 11) is 2.01. The van der Waals surface area contributed by atoms with E-state index in [1.807, 2.05) is 11.9 Å². The largest absolute Gasteiger partial charge is 0.342 e. The Balaban J connectivity index is 1.58. The second kappa shape index (κ2) is 7.48. The molecule has 3 nitrogen and oxygen atoms in total. The summed E-state index contributed by atoms with van der Waals surface area (Å²) >= 11 is 0. The van der Waals surface area contributed by atoms with E-state index in [0.717, 1.165) is 12.5 Å². The molecule has 1 saturated carbocycles. The first-order valence-corrected chi connectivity index (χ1v) is 9.20. The molecule has 3 heteroatoms. The molecule has 1 aliphatic carbocycles. The molecule has 0 spiro atoms. The molecular formula is C20H30N2O. The molecule has 0 radical (unpaired) electrons. The highest BCUT2D eigenvalue weighted by Gasteiger charge is 2.30. The summed E-state index contributed by atoms with van der Waals surface area (Å²) in [5.74, 6) is 1.13. The SMILES string of the molecule is CC1CCC(N(C)C(=O)CN2CCCC2c2ccccc2)CC1. The minimum Gasteiger partial charge on any atom is -0.342 e. The highest BCUT2D eigenvalue weighted by atomic mass is 16.2. The van der Waals surface area contributed by atoms with Gasteiger partial charge in [-0.2, -0.15) is 0 Å². The van der Waals surface area contributed by atoms with E-state index in [9.17, 15) is 4.79 Å². The molecular weight excluding hydrogens is 284 g/mol. The zero-order chi connectivity index (χ0) is 16.2. The monoisotopic (exact) mass is 314 g/mol. The zero-order valence-electron chi connectivity index (χ0n) is 14.6. The predicted molar refractivity (Wildman–Crippen MR) is 94.2 cm³/mol. The van der Waals surface area contributed by atoms with Crippen LogP contribution in [0.15, 0.2) is 30.3 Å². The van der Waals surface area contributed by atoms with Crippen LogP contribution in [0.25, 0.3) is 0 Å². The molecule has 1 saturated heterocycles. The summed E-state index contributed by atoms with van der Waals surface area (Å²) in [5.41, 5.74) is 1.35. The van der Waals surface area contributed by atoms with E-state index >= 15 is 0 Å². The molecule has 1 amide bonds. The molecule has 1 aromatic carbocycles. The number of hydrogen-bond acceptors (Lipinski definition) is 2. The highest BCUT2D eigenvalue weighted by Crippen LogP contribution is 2.32. The van der Waals surface area contributed by atoms with Gasteiger partial charge in [-0.15, -0.1) is 0 Å². The molecule has 1 heterocycles. The molecule has 126 valence electrons. The number of carbonyl (C=O) groups is 1. The van der Waals surface area contributed by atoms with Crippen molar-refractivity contribution in [3.8, 4) is 0 Å². The lowest BCUT2D eigenvalue weighted by atomic mass is 9.87. The van der Waals surface area contributed by atoms with E-state index in [1.54, 1.807) is 0 Å². The first-order chi connectivity index (χ1) is 11.1.